The monoisotopic (exact) mass is 514 g/mol. The van der Waals surface area contributed by atoms with Crippen molar-refractivity contribution in [3.63, 3.8) is 0 Å². The van der Waals surface area contributed by atoms with Crippen molar-refractivity contribution in [1.29, 1.82) is 0 Å². The number of halogens is 1. The van der Waals surface area contributed by atoms with Gasteiger partial charge in [0.25, 0.3) is 0 Å². The first-order valence-corrected chi connectivity index (χ1v) is 10.1. The fraction of sp³-hybridized carbons (Fsp3) is 0.421. The van der Waals surface area contributed by atoms with Crippen LogP contribution in [-0.2, 0) is 12.8 Å². The fourth-order valence-corrected chi connectivity index (χ4v) is 3.52. The number of aromatic nitrogens is 3. The van der Waals surface area contributed by atoms with Crippen molar-refractivity contribution in [2.75, 3.05) is 19.6 Å². The first kappa shape index (κ1) is 22.4. The molecule has 152 valence electrons. The van der Waals surface area contributed by atoms with E-state index in [1.54, 1.807) is 17.6 Å². The number of guanidine groups is 1. The summed E-state index contributed by atoms with van der Waals surface area (Å²) in [7, 11) is 0. The second-order valence-electron chi connectivity index (χ2n) is 6.37. The summed E-state index contributed by atoms with van der Waals surface area (Å²) in [5.41, 5.74) is 0. The first-order valence-electron chi connectivity index (χ1n) is 9.24. The van der Waals surface area contributed by atoms with Gasteiger partial charge in [0, 0.05) is 30.9 Å². The predicted molar refractivity (Wildman–Crippen MR) is 124 cm³/mol. The molecule has 0 amide bonds. The van der Waals surface area contributed by atoms with Crippen LogP contribution in [0.4, 0.5) is 0 Å². The molecule has 7 nitrogen and oxygen atoms in total. The number of aliphatic imine (C=N–C) groups is 1. The molecular weight excluding hydrogens is 487 g/mol. The van der Waals surface area contributed by atoms with E-state index in [0.717, 1.165) is 44.3 Å². The zero-order valence-corrected chi connectivity index (χ0v) is 19.3. The highest BCUT2D eigenvalue weighted by Gasteiger charge is 2.09. The average Bonchev–Trinajstić information content (AvgIpc) is 3.41. The number of nitrogens with one attached hydrogen (secondary N) is 3. The average molecular weight is 514 g/mol. The normalized spacial score (nSPS) is 12.4. The molecule has 0 bridgehead atoms. The third-order valence-corrected chi connectivity index (χ3v) is 4.86. The van der Waals surface area contributed by atoms with Gasteiger partial charge in [-0.25, -0.2) is 4.98 Å². The Morgan fingerprint density at radius 2 is 2.21 bits per heavy atom. The van der Waals surface area contributed by atoms with Crippen LogP contribution in [0.15, 0.2) is 45.3 Å². The minimum Gasteiger partial charge on any atom is -0.461 e. The maximum atomic E-state index is 5.31. The minimum absolute atomic E-state index is 0. The van der Waals surface area contributed by atoms with Crippen molar-refractivity contribution >= 4 is 41.3 Å². The number of rotatable bonds is 9. The van der Waals surface area contributed by atoms with Crippen molar-refractivity contribution in [1.82, 2.24) is 25.8 Å². The van der Waals surface area contributed by atoms with Crippen LogP contribution >= 0.6 is 35.3 Å². The molecule has 0 saturated heterocycles. The smallest absolute Gasteiger partial charge is 0.216 e. The van der Waals surface area contributed by atoms with Gasteiger partial charge >= 0.3 is 0 Å². The van der Waals surface area contributed by atoms with E-state index < -0.39 is 0 Å². The lowest BCUT2D eigenvalue weighted by molar-refractivity contribution is 0.577. The summed E-state index contributed by atoms with van der Waals surface area (Å²) in [4.78, 5) is 10.6. The number of hydrogen-bond donors (Lipinski definition) is 3. The van der Waals surface area contributed by atoms with Crippen LogP contribution in [0.2, 0.25) is 0 Å². The molecule has 0 radical (unpaired) electrons. The Hall–Kier alpha value is -1.88. The lowest BCUT2D eigenvalue weighted by Gasteiger charge is -2.12. The summed E-state index contributed by atoms with van der Waals surface area (Å²) in [6.45, 7) is 6.64. The third kappa shape index (κ3) is 6.93. The first-order chi connectivity index (χ1) is 13.2. The van der Waals surface area contributed by atoms with Crippen molar-refractivity contribution in [2.24, 2.45) is 10.9 Å². The van der Waals surface area contributed by atoms with Crippen LogP contribution < -0.4 is 10.6 Å². The van der Waals surface area contributed by atoms with Crippen LogP contribution in [0.1, 0.15) is 24.5 Å². The molecule has 0 aromatic carbocycles. The van der Waals surface area contributed by atoms with Crippen LogP contribution in [0, 0.1) is 5.92 Å². The standard InChI is InChI=1S/C19H26N6OS.HI/c1-3-20-19(22-13-14(2)12-15-6-5-11-27-15)21-9-8-17-23-18(25-24-17)16-7-4-10-26-16;/h4-7,10-11,14H,3,8-9,12-13H2,1-2H3,(H2,20,21,22)(H,23,24,25);1H. The molecule has 3 rings (SSSR count). The maximum absolute atomic E-state index is 5.31. The summed E-state index contributed by atoms with van der Waals surface area (Å²) >= 11 is 1.81. The van der Waals surface area contributed by atoms with E-state index in [2.05, 4.69) is 57.2 Å². The highest BCUT2D eigenvalue weighted by Crippen LogP contribution is 2.15. The molecule has 3 aromatic heterocycles. The van der Waals surface area contributed by atoms with Crippen molar-refractivity contribution < 1.29 is 4.42 Å². The van der Waals surface area contributed by atoms with E-state index in [4.69, 9.17) is 9.41 Å². The van der Waals surface area contributed by atoms with Gasteiger partial charge in [-0.2, -0.15) is 5.10 Å². The van der Waals surface area contributed by atoms with E-state index in [1.807, 2.05) is 12.1 Å². The van der Waals surface area contributed by atoms with Crippen LogP contribution in [0.5, 0.6) is 0 Å². The minimum atomic E-state index is 0. The summed E-state index contributed by atoms with van der Waals surface area (Å²) < 4.78 is 5.31. The molecular formula is C19H27IN6OS. The molecule has 1 unspecified atom stereocenters. The Labute approximate surface area is 186 Å². The van der Waals surface area contributed by atoms with E-state index in [1.165, 1.54) is 4.88 Å². The number of nitrogens with zero attached hydrogens (tertiary/aromatic N) is 3. The Kier molecular flexibility index (Phi) is 9.48. The van der Waals surface area contributed by atoms with Gasteiger partial charge in [0.15, 0.2) is 11.7 Å². The maximum Gasteiger partial charge on any atom is 0.216 e. The Morgan fingerprint density at radius 3 is 2.93 bits per heavy atom. The molecule has 3 N–H and O–H groups in total. The van der Waals surface area contributed by atoms with Gasteiger partial charge < -0.3 is 15.1 Å². The Bertz CT molecular complexity index is 815. The molecule has 0 aliphatic heterocycles. The summed E-state index contributed by atoms with van der Waals surface area (Å²) in [6.07, 6.45) is 3.41. The number of aromatic amines is 1. The lowest BCUT2D eigenvalue weighted by Crippen LogP contribution is -2.38. The zero-order chi connectivity index (χ0) is 18.9. The van der Waals surface area contributed by atoms with Crippen molar-refractivity contribution in [3.05, 3.63) is 46.6 Å². The highest BCUT2D eigenvalue weighted by atomic mass is 127. The van der Waals surface area contributed by atoms with Gasteiger partial charge in [-0.3, -0.25) is 10.1 Å². The zero-order valence-electron chi connectivity index (χ0n) is 16.1. The quantitative estimate of drug-likeness (QED) is 0.230. The molecule has 9 heteroatoms. The Morgan fingerprint density at radius 1 is 1.32 bits per heavy atom. The number of furan rings is 1. The summed E-state index contributed by atoms with van der Waals surface area (Å²) in [6, 6.07) is 7.95. The fourth-order valence-electron chi connectivity index (χ4n) is 2.65. The van der Waals surface area contributed by atoms with Crippen LogP contribution in [-0.4, -0.2) is 40.8 Å². The van der Waals surface area contributed by atoms with Crippen molar-refractivity contribution in [3.8, 4) is 11.6 Å². The summed E-state index contributed by atoms with van der Waals surface area (Å²) in [5.74, 6) is 3.40. The van der Waals surface area contributed by atoms with E-state index in [0.29, 0.717) is 17.5 Å². The number of thiophene rings is 1. The van der Waals surface area contributed by atoms with E-state index >= 15 is 0 Å². The third-order valence-electron chi connectivity index (χ3n) is 3.96. The van der Waals surface area contributed by atoms with Gasteiger partial charge in [-0.05, 0) is 42.8 Å². The molecule has 1 atom stereocenters. The highest BCUT2D eigenvalue weighted by molar-refractivity contribution is 14.0. The molecule has 0 aliphatic rings. The molecule has 0 saturated carbocycles. The van der Waals surface area contributed by atoms with Gasteiger partial charge in [0.05, 0.1) is 6.26 Å². The number of hydrogen-bond acceptors (Lipinski definition) is 5. The van der Waals surface area contributed by atoms with Crippen LogP contribution in [0.25, 0.3) is 11.6 Å². The van der Waals surface area contributed by atoms with E-state index in [-0.39, 0.29) is 24.0 Å². The van der Waals surface area contributed by atoms with Gasteiger partial charge in [-0.15, -0.1) is 35.3 Å². The number of H-pyrrole nitrogens is 1. The van der Waals surface area contributed by atoms with E-state index in [9.17, 15) is 0 Å². The SMILES string of the molecule is CCNC(=NCC(C)Cc1cccs1)NCCc1nc(-c2ccco2)n[nH]1.I. The molecule has 28 heavy (non-hydrogen) atoms. The lowest BCUT2D eigenvalue weighted by atomic mass is 10.1. The largest absolute Gasteiger partial charge is 0.461 e. The van der Waals surface area contributed by atoms with Gasteiger partial charge in [0.1, 0.15) is 5.82 Å². The second kappa shape index (κ2) is 11.8. The Balaban J connectivity index is 0.00000280. The van der Waals surface area contributed by atoms with Crippen molar-refractivity contribution in [2.45, 2.75) is 26.7 Å². The molecule has 3 aromatic rings. The molecule has 0 aliphatic carbocycles. The second-order valence-corrected chi connectivity index (χ2v) is 7.40. The van der Waals surface area contributed by atoms with Gasteiger partial charge in [0.2, 0.25) is 5.82 Å². The molecule has 0 fully saturated rings. The molecule has 3 heterocycles. The van der Waals surface area contributed by atoms with Crippen LogP contribution in [0.3, 0.4) is 0 Å². The summed E-state index contributed by atoms with van der Waals surface area (Å²) in [5, 5.41) is 15.9. The predicted octanol–water partition coefficient (Wildman–Crippen LogP) is 3.72. The molecule has 0 spiro atoms. The van der Waals surface area contributed by atoms with Gasteiger partial charge in [-0.1, -0.05) is 13.0 Å². The topological polar surface area (TPSA) is 91.1 Å².